The van der Waals surface area contributed by atoms with Gasteiger partial charge in [0.15, 0.2) is 18.5 Å². The third-order valence-electron chi connectivity index (χ3n) is 1.68. The molecule has 0 amide bonds. The van der Waals surface area contributed by atoms with Gasteiger partial charge in [0.25, 0.3) is 0 Å². The van der Waals surface area contributed by atoms with Crippen LogP contribution in [0.4, 0.5) is 0 Å². The van der Waals surface area contributed by atoms with E-state index in [0.29, 0.717) is 6.54 Å². The van der Waals surface area contributed by atoms with Crippen LogP contribution in [0.1, 0.15) is 10.6 Å². The summed E-state index contributed by atoms with van der Waals surface area (Å²) < 4.78 is 1.96. The molecule has 1 heterocycles. The van der Waals surface area contributed by atoms with Gasteiger partial charge in [0.2, 0.25) is 5.51 Å². The summed E-state index contributed by atoms with van der Waals surface area (Å²) in [5.41, 5.74) is 8.39. The molecule has 0 spiro atoms. The van der Waals surface area contributed by atoms with Crippen LogP contribution in [-0.2, 0) is 6.54 Å². The number of aromatic nitrogens is 1. The third kappa shape index (κ3) is 2.82. The summed E-state index contributed by atoms with van der Waals surface area (Å²) in [7, 11) is 0. The molecule has 12 heavy (non-hydrogen) atoms. The second-order valence-corrected chi connectivity index (χ2v) is 3.64. The summed E-state index contributed by atoms with van der Waals surface area (Å²) in [5.74, 6) is 0. The number of hydrogen-bond donors (Lipinski definition) is 2. The summed E-state index contributed by atoms with van der Waals surface area (Å²) in [6.07, 6.45) is -0.757. The second kappa shape index (κ2) is 4.91. The van der Waals surface area contributed by atoms with Gasteiger partial charge in [-0.2, -0.15) is 4.57 Å². The Morgan fingerprint density at radius 2 is 2.25 bits per heavy atom. The maximum Gasteiger partial charge on any atom is 0.225 e. The van der Waals surface area contributed by atoms with Crippen molar-refractivity contribution < 1.29 is 26.7 Å². The Balaban J connectivity index is 0.00000121. The first-order valence-electron chi connectivity index (χ1n) is 3.49. The van der Waals surface area contributed by atoms with Crippen molar-refractivity contribution in [3.8, 4) is 0 Å². The molecule has 70 valence electrons. The van der Waals surface area contributed by atoms with Gasteiger partial charge in [0.1, 0.15) is 0 Å². The molecule has 1 unspecified atom stereocenters. The van der Waals surface area contributed by atoms with Gasteiger partial charge in [-0.1, -0.05) is 11.3 Å². The molecule has 0 fully saturated rings. The topological polar surface area (TPSA) is 50.1 Å². The highest BCUT2D eigenvalue weighted by molar-refractivity contribution is 7.09. The Hall–Kier alpha value is 0.0300. The van der Waals surface area contributed by atoms with Gasteiger partial charge in [0.05, 0.1) is 4.88 Å². The highest BCUT2D eigenvalue weighted by Crippen LogP contribution is 2.07. The van der Waals surface area contributed by atoms with E-state index in [1.54, 1.807) is 11.3 Å². The van der Waals surface area contributed by atoms with Gasteiger partial charge in [-0.3, -0.25) is 0 Å². The lowest BCUT2D eigenvalue weighted by Crippen LogP contribution is -3.00. The van der Waals surface area contributed by atoms with Crippen molar-refractivity contribution in [2.45, 2.75) is 26.6 Å². The maximum atomic E-state index is 8.90. The molecule has 0 saturated heterocycles. The lowest BCUT2D eigenvalue weighted by molar-refractivity contribution is -0.704. The zero-order valence-corrected chi connectivity index (χ0v) is 9.52. The van der Waals surface area contributed by atoms with Gasteiger partial charge in [0, 0.05) is 6.92 Å². The van der Waals surface area contributed by atoms with E-state index >= 15 is 0 Å². The minimum Gasteiger partial charge on any atom is -1.00 e. The van der Waals surface area contributed by atoms with E-state index in [2.05, 4.69) is 6.92 Å². The maximum absolute atomic E-state index is 8.90. The SMILES string of the molecule is Cc1sc[n+](CC(N)O)c1C.[Br-]. The molecule has 1 aromatic rings. The Morgan fingerprint density at radius 1 is 1.67 bits per heavy atom. The number of halogens is 1. The normalized spacial score (nSPS) is 12.3. The zero-order valence-electron chi connectivity index (χ0n) is 7.12. The van der Waals surface area contributed by atoms with Gasteiger partial charge in [-0.15, -0.1) is 0 Å². The molecule has 0 aliphatic carbocycles. The average Bonchev–Trinajstić information content (AvgIpc) is 2.18. The fraction of sp³-hybridized carbons (Fsp3) is 0.571. The highest BCUT2D eigenvalue weighted by atomic mass is 79.9. The number of thiazole rings is 1. The lowest BCUT2D eigenvalue weighted by atomic mass is 10.4. The molecule has 0 radical (unpaired) electrons. The lowest BCUT2D eigenvalue weighted by Gasteiger charge is -1.97. The van der Waals surface area contributed by atoms with Crippen molar-refractivity contribution in [1.29, 1.82) is 0 Å². The molecule has 1 aromatic heterocycles. The van der Waals surface area contributed by atoms with Gasteiger partial charge >= 0.3 is 0 Å². The van der Waals surface area contributed by atoms with Crippen LogP contribution in [0.25, 0.3) is 0 Å². The van der Waals surface area contributed by atoms with E-state index in [1.165, 1.54) is 10.6 Å². The zero-order chi connectivity index (χ0) is 8.43. The van der Waals surface area contributed by atoms with Crippen molar-refractivity contribution in [2.24, 2.45) is 5.73 Å². The van der Waals surface area contributed by atoms with Crippen LogP contribution in [0.3, 0.4) is 0 Å². The molecule has 0 aliphatic rings. The number of aryl methyl sites for hydroxylation is 1. The second-order valence-electron chi connectivity index (χ2n) is 2.58. The molecule has 0 bridgehead atoms. The minimum atomic E-state index is -0.757. The Labute approximate surface area is 86.6 Å². The molecule has 1 atom stereocenters. The Morgan fingerprint density at radius 3 is 2.58 bits per heavy atom. The van der Waals surface area contributed by atoms with Crippen LogP contribution in [0.5, 0.6) is 0 Å². The van der Waals surface area contributed by atoms with Crippen LogP contribution in [-0.4, -0.2) is 11.3 Å². The Bertz CT molecular complexity index is 250. The summed E-state index contributed by atoms with van der Waals surface area (Å²) in [6, 6.07) is 0. The van der Waals surface area contributed by atoms with Crippen molar-refractivity contribution in [3.63, 3.8) is 0 Å². The van der Waals surface area contributed by atoms with Gasteiger partial charge in [-0.25, -0.2) is 0 Å². The van der Waals surface area contributed by atoms with E-state index < -0.39 is 6.23 Å². The number of hydrogen-bond acceptors (Lipinski definition) is 3. The van der Waals surface area contributed by atoms with Crippen LogP contribution in [0.15, 0.2) is 5.51 Å². The predicted molar refractivity (Wildman–Crippen MR) is 44.2 cm³/mol. The van der Waals surface area contributed by atoms with E-state index in [-0.39, 0.29) is 17.0 Å². The standard InChI is InChI=1S/C7H13N2OS.BrH/c1-5-6(2)11-4-9(5)3-7(8)10;/h4,7,10H,3,8H2,1-2H3;1H/q+1;/p-1. The number of aliphatic hydroxyl groups excluding tert-OH is 1. The van der Waals surface area contributed by atoms with Crippen molar-refractivity contribution in [1.82, 2.24) is 0 Å². The smallest absolute Gasteiger partial charge is 0.225 e. The summed E-state index contributed by atoms with van der Waals surface area (Å²) in [5, 5.41) is 8.90. The third-order valence-corrected chi connectivity index (χ3v) is 2.69. The first kappa shape index (κ1) is 12.0. The van der Waals surface area contributed by atoms with Crippen molar-refractivity contribution in [3.05, 3.63) is 16.1 Å². The van der Waals surface area contributed by atoms with Crippen LogP contribution < -0.4 is 27.3 Å². The van der Waals surface area contributed by atoms with E-state index in [0.717, 1.165) is 0 Å². The van der Waals surface area contributed by atoms with Crippen LogP contribution in [0.2, 0.25) is 0 Å². The largest absolute Gasteiger partial charge is 1.00 e. The first-order valence-corrected chi connectivity index (χ1v) is 4.37. The predicted octanol–water partition coefficient (Wildman–Crippen LogP) is -3.07. The molecule has 0 aliphatic heterocycles. The summed E-state index contributed by atoms with van der Waals surface area (Å²) in [4.78, 5) is 1.27. The van der Waals surface area contributed by atoms with Gasteiger partial charge < -0.3 is 27.8 Å². The van der Waals surface area contributed by atoms with Crippen LogP contribution >= 0.6 is 11.3 Å². The number of nitrogens with zero attached hydrogens (tertiary/aromatic N) is 1. The summed E-state index contributed by atoms with van der Waals surface area (Å²) in [6.45, 7) is 4.56. The molecule has 3 nitrogen and oxygen atoms in total. The van der Waals surface area contributed by atoms with Gasteiger partial charge in [-0.05, 0) is 6.92 Å². The first-order chi connectivity index (χ1) is 5.11. The molecule has 0 aromatic carbocycles. The quantitative estimate of drug-likeness (QED) is 0.434. The average molecular weight is 253 g/mol. The highest BCUT2D eigenvalue weighted by Gasteiger charge is 2.13. The van der Waals surface area contributed by atoms with Crippen molar-refractivity contribution in [2.75, 3.05) is 0 Å². The Kier molecular flexibility index (Phi) is 4.92. The summed E-state index contributed by atoms with van der Waals surface area (Å²) >= 11 is 1.67. The fourth-order valence-corrected chi connectivity index (χ4v) is 1.71. The molecule has 3 N–H and O–H groups in total. The number of rotatable bonds is 2. The van der Waals surface area contributed by atoms with E-state index in [9.17, 15) is 0 Å². The molecular weight excluding hydrogens is 240 g/mol. The monoisotopic (exact) mass is 252 g/mol. The molecule has 5 heteroatoms. The number of aliphatic hydroxyl groups is 1. The van der Waals surface area contributed by atoms with E-state index in [4.69, 9.17) is 10.8 Å². The molecular formula is C7H13BrN2OS. The number of nitrogens with two attached hydrogens (primary N) is 1. The molecule has 1 rings (SSSR count). The van der Waals surface area contributed by atoms with Crippen molar-refractivity contribution >= 4 is 11.3 Å². The van der Waals surface area contributed by atoms with Crippen LogP contribution in [0, 0.1) is 13.8 Å². The minimum absolute atomic E-state index is 0. The fourth-order valence-electron chi connectivity index (χ4n) is 0.891. The van der Waals surface area contributed by atoms with E-state index in [1.807, 2.05) is 17.0 Å². The molecule has 0 saturated carbocycles.